The predicted octanol–water partition coefficient (Wildman–Crippen LogP) is -0.574. The molecule has 0 bridgehead atoms. The molecular formula is C12H16N6O2. The van der Waals surface area contributed by atoms with E-state index in [0.717, 1.165) is 12.1 Å². The number of likely N-dealkylation sites (tertiary alicyclic amines) is 1. The third-order valence-corrected chi connectivity index (χ3v) is 3.47. The summed E-state index contributed by atoms with van der Waals surface area (Å²) in [5.74, 6) is 1.18. The number of anilines is 3. The summed E-state index contributed by atoms with van der Waals surface area (Å²) >= 11 is 0. The van der Waals surface area contributed by atoms with Crippen molar-refractivity contribution in [2.24, 2.45) is 0 Å². The average molecular weight is 276 g/mol. The van der Waals surface area contributed by atoms with Crippen LogP contribution in [0.5, 0.6) is 0 Å². The molecule has 106 valence electrons. The van der Waals surface area contributed by atoms with Crippen LogP contribution in [0.3, 0.4) is 0 Å². The number of aryl methyl sites for hydroxylation is 1. The van der Waals surface area contributed by atoms with Gasteiger partial charge in [-0.1, -0.05) is 0 Å². The normalized spacial score (nSPS) is 18.2. The molecule has 20 heavy (non-hydrogen) atoms. The van der Waals surface area contributed by atoms with E-state index in [9.17, 15) is 9.59 Å². The maximum Gasteiger partial charge on any atom is 0.244 e. The fraction of sp³-hybridized carbons (Fsp3) is 0.500. The van der Waals surface area contributed by atoms with Crippen LogP contribution in [0, 0.1) is 6.92 Å². The zero-order chi connectivity index (χ0) is 14.3. The van der Waals surface area contributed by atoms with Crippen molar-refractivity contribution in [1.82, 2.24) is 14.9 Å². The lowest BCUT2D eigenvalue weighted by atomic mass is 10.1. The Bertz CT molecular complexity index is 569. The summed E-state index contributed by atoms with van der Waals surface area (Å²) in [5, 5.41) is 6.00. The third-order valence-electron chi connectivity index (χ3n) is 3.47. The highest BCUT2D eigenvalue weighted by molar-refractivity contribution is 6.00. The fourth-order valence-electron chi connectivity index (χ4n) is 2.39. The monoisotopic (exact) mass is 276 g/mol. The second kappa shape index (κ2) is 4.62. The molecule has 0 aromatic carbocycles. The standard InChI is InChI=1S/C12H16N6O2/c1-7-10-11(17(2)5-9(20)15-10)16-12(13-7)14-8-3-18(4-8)6-19/h6,8H,3-5H2,1-2H3,(H,15,20)(H,13,14,16). The zero-order valence-electron chi connectivity index (χ0n) is 11.4. The molecule has 2 aliphatic rings. The van der Waals surface area contributed by atoms with Gasteiger partial charge in [-0.2, -0.15) is 4.98 Å². The number of carbonyl (C=O) groups is 2. The molecule has 8 heteroatoms. The number of aromatic nitrogens is 2. The van der Waals surface area contributed by atoms with Crippen LogP contribution in [-0.2, 0) is 9.59 Å². The molecule has 0 saturated carbocycles. The zero-order valence-corrected chi connectivity index (χ0v) is 11.4. The van der Waals surface area contributed by atoms with Gasteiger partial charge in [-0.25, -0.2) is 4.98 Å². The van der Waals surface area contributed by atoms with Crippen LogP contribution in [-0.4, -0.2) is 59.9 Å². The van der Waals surface area contributed by atoms with Crippen LogP contribution in [0.25, 0.3) is 0 Å². The first-order chi connectivity index (χ1) is 9.56. The number of nitrogens with one attached hydrogen (secondary N) is 2. The Morgan fingerprint density at radius 3 is 2.85 bits per heavy atom. The first kappa shape index (κ1) is 12.6. The first-order valence-corrected chi connectivity index (χ1v) is 6.42. The second-order valence-electron chi connectivity index (χ2n) is 5.14. The summed E-state index contributed by atoms with van der Waals surface area (Å²) in [4.78, 5) is 34.3. The summed E-state index contributed by atoms with van der Waals surface area (Å²) in [5.41, 5.74) is 1.39. The van der Waals surface area contributed by atoms with Gasteiger partial charge in [0.2, 0.25) is 18.3 Å². The summed E-state index contributed by atoms with van der Waals surface area (Å²) in [6.07, 6.45) is 0.834. The van der Waals surface area contributed by atoms with Crippen LogP contribution in [0.15, 0.2) is 0 Å². The minimum atomic E-state index is -0.0620. The molecule has 1 aromatic heterocycles. The van der Waals surface area contributed by atoms with E-state index >= 15 is 0 Å². The summed E-state index contributed by atoms with van der Waals surface area (Å²) in [6.45, 7) is 3.44. The Hall–Kier alpha value is -2.38. The van der Waals surface area contributed by atoms with E-state index < -0.39 is 0 Å². The first-order valence-electron chi connectivity index (χ1n) is 6.42. The van der Waals surface area contributed by atoms with Gasteiger partial charge in [-0.3, -0.25) is 9.59 Å². The lowest BCUT2D eigenvalue weighted by Gasteiger charge is -2.37. The maximum absolute atomic E-state index is 11.5. The van der Waals surface area contributed by atoms with Crippen molar-refractivity contribution in [2.45, 2.75) is 13.0 Å². The Labute approximate surface area is 116 Å². The van der Waals surface area contributed by atoms with E-state index in [2.05, 4.69) is 20.6 Å². The molecule has 8 nitrogen and oxygen atoms in total. The van der Waals surface area contributed by atoms with Gasteiger partial charge in [0.1, 0.15) is 5.69 Å². The quantitative estimate of drug-likeness (QED) is 0.718. The lowest BCUT2D eigenvalue weighted by molar-refractivity contribution is -0.121. The Morgan fingerprint density at radius 2 is 2.15 bits per heavy atom. The molecule has 0 radical (unpaired) electrons. The molecule has 2 N–H and O–H groups in total. The molecule has 0 unspecified atom stereocenters. The molecule has 2 aliphatic heterocycles. The molecule has 1 saturated heterocycles. The number of carbonyl (C=O) groups excluding carboxylic acids is 2. The van der Waals surface area contributed by atoms with Crippen molar-refractivity contribution in [3.8, 4) is 0 Å². The van der Waals surface area contributed by atoms with Crippen molar-refractivity contribution in [2.75, 3.05) is 42.2 Å². The van der Waals surface area contributed by atoms with Crippen molar-refractivity contribution in [3.05, 3.63) is 5.69 Å². The highest BCUT2D eigenvalue weighted by Crippen LogP contribution is 2.30. The topological polar surface area (TPSA) is 90.5 Å². The van der Waals surface area contributed by atoms with Gasteiger partial charge in [0.25, 0.3) is 0 Å². The minimum Gasteiger partial charge on any atom is -0.348 e. The highest BCUT2D eigenvalue weighted by atomic mass is 16.2. The number of amides is 2. The molecule has 0 spiro atoms. The minimum absolute atomic E-state index is 0.0620. The smallest absolute Gasteiger partial charge is 0.244 e. The number of fused-ring (bicyclic) bond motifs is 1. The van der Waals surface area contributed by atoms with Crippen molar-refractivity contribution >= 4 is 29.8 Å². The van der Waals surface area contributed by atoms with E-state index in [-0.39, 0.29) is 18.5 Å². The molecule has 0 aliphatic carbocycles. The summed E-state index contributed by atoms with van der Waals surface area (Å²) < 4.78 is 0. The number of rotatable bonds is 3. The van der Waals surface area contributed by atoms with E-state index in [0.29, 0.717) is 30.5 Å². The predicted molar refractivity (Wildman–Crippen MR) is 73.7 cm³/mol. The summed E-state index contributed by atoms with van der Waals surface area (Å²) in [6, 6.07) is 0.182. The Balaban J connectivity index is 1.80. The molecule has 3 heterocycles. The third kappa shape index (κ3) is 2.13. The van der Waals surface area contributed by atoms with Crippen LogP contribution >= 0.6 is 0 Å². The van der Waals surface area contributed by atoms with Crippen LogP contribution in [0.4, 0.5) is 17.5 Å². The average Bonchev–Trinajstić information content (AvgIpc) is 2.34. The highest BCUT2D eigenvalue weighted by Gasteiger charge is 2.28. The fourth-order valence-corrected chi connectivity index (χ4v) is 2.39. The summed E-state index contributed by atoms with van der Waals surface area (Å²) in [7, 11) is 1.82. The molecule has 3 rings (SSSR count). The number of hydrogen-bond acceptors (Lipinski definition) is 6. The Kier molecular flexibility index (Phi) is 2.92. The SMILES string of the molecule is Cc1nc(NC2CN(C=O)C2)nc2c1NC(=O)CN2C. The molecule has 2 amide bonds. The van der Waals surface area contributed by atoms with E-state index in [1.807, 2.05) is 14.0 Å². The number of hydrogen-bond donors (Lipinski definition) is 2. The van der Waals surface area contributed by atoms with Gasteiger partial charge in [0, 0.05) is 20.1 Å². The van der Waals surface area contributed by atoms with Crippen LogP contribution < -0.4 is 15.5 Å². The van der Waals surface area contributed by atoms with Gasteiger partial charge >= 0.3 is 0 Å². The lowest BCUT2D eigenvalue weighted by Crippen LogP contribution is -2.54. The molecular weight excluding hydrogens is 260 g/mol. The van der Waals surface area contributed by atoms with Crippen molar-refractivity contribution in [1.29, 1.82) is 0 Å². The number of nitrogens with zero attached hydrogens (tertiary/aromatic N) is 4. The number of likely N-dealkylation sites (N-methyl/N-ethyl adjacent to an activating group) is 1. The van der Waals surface area contributed by atoms with Gasteiger partial charge in [-0.05, 0) is 6.92 Å². The van der Waals surface area contributed by atoms with Gasteiger partial charge in [0.15, 0.2) is 5.82 Å². The molecule has 0 atom stereocenters. The molecule has 1 aromatic rings. The van der Waals surface area contributed by atoms with E-state index in [4.69, 9.17) is 0 Å². The van der Waals surface area contributed by atoms with Gasteiger partial charge in [-0.15, -0.1) is 0 Å². The van der Waals surface area contributed by atoms with E-state index in [1.165, 1.54) is 0 Å². The van der Waals surface area contributed by atoms with Crippen molar-refractivity contribution in [3.63, 3.8) is 0 Å². The second-order valence-corrected chi connectivity index (χ2v) is 5.14. The van der Waals surface area contributed by atoms with Crippen LogP contribution in [0.1, 0.15) is 5.69 Å². The van der Waals surface area contributed by atoms with Crippen molar-refractivity contribution < 1.29 is 9.59 Å². The Morgan fingerprint density at radius 1 is 1.40 bits per heavy atom. The maximum atomic E-state index is 11.5. The van der Waals surface area contributed by atoms with Crippen LogP contribution in [0.2, 0.25) is 0 Å². The largest absolute Gasteiger partial charge is 0.348 e. The van der Waals surface area contributed by atoms with Gasteiger partial charge < -0.3 is 20.4 Å². The molecule has 1 fully saturated rings. The van der Waals surface area contributed by atoms with Gasteiger partial charge in [0.05, 0.1) is 18.3 Å². The van der Waals surface area contributed by atoms with E-state index in [1.54, 1.807) is 9.80 Å².